The first-order valence-electron chi connectivity index (χ1n) is 5.85. The lowest BCUT2D eigenvalue weighted by molar-refractivity contribution is 0.723. The molecule has 0 N–H and O–H groups in total. The molecule has 0 fully saturated rings. The number of rotatable bonds is 6. The predicted octanol–water partition coefficient (Wildman–Crippen LogP) is 3.13. The predicted molar refractivity (Wildman–Crippen MR) is 71.3 cm³/mol. The van der Waals surface area contributed by atoms with Crippen molar-refractivity contribution in [2.45, 2.75) is 38.8 Å². The first kappa shape index (κ1) is 13.3. The maximum atomic E-state index is 4.57. The second kappa shape index (κ2) is 6.74. The van der Waals surface area contributed by atoms with Gasteiger partial charge in [0.15, 0.2) is 5.16 Å². The molecule has 0 saturated heterocycles. The third-order valence-electron chi connectivity index (χ3n) is 2.31. The van der Waals surface area contributed by atoms with Crippen LogP contribution in [0.4, 0.5) is 5.82 Å². The third-order valence-corrected chi connectivity index (χ3v) is 2.86. The Kier molecular flexibility index (Phi) is 5.60. The summed E-state index contributed by atoms with van der Waals surface area (Å²) < 4.78 is 0. The first-order chi connectivity index (χ1) is 7.71. The summed E-state index contributed by atoms with van der Waals surface area (Å²) in [5.74, 6) is 1.07. The zero-order valence-corrected chi connectivity index (χ0v) is 11.5. The molecule has 1 aromatic rings. The Morgan fingerprint density at radius 3 is 2.31 bits per heavy atom. The van der Waals surface area contributed by atoms with Gasteiger partial charge in [-0.25, -0.2) is 9.97 Å². The molecule has 3 nitrogen and oxygen atoms in total. The van der Waals surface area contributed by atoms with Gasteiger partial charge in [-0.1, -0.05) is 25.6 Å². The van der Waals surface area contributed by atoms with Crippen molar-refractivity contribution in [1.82, 2.24) is 9.97 Å². The van der Waals surface area contributed by atoms with Crippen LogP contribution in [0.2, 0.25) is 0 Å². The zero-order valence-electron chi connectivity index (χ0n) is 10.7. The molecule has 90 valence electrons. The average Bonchev–Trinajstić information content (AvgIpc) is 2.28. The molecule has 0 amide bonds. The van der Waals surface area contributed by atoms with Crippen LogP contribution in [0.25, 0.3) is 0 Å². The SMILES string of the molecule is CCCN(CCC)c1cc(C)nc(SC)n1. The highest BCUT2D eigenvalue weighted by Gasteiger charge is 2.08. The van der Waals surface area contributed by atoms with Crippen LogP contribution < -0.4 is 4.90 Å². The minimum Gasteiger partial charge on any atom is -0.357 e. The normalized spacial score (nSPS) is 10.5. The minimum absolute atomic E-state index is 0.868. The quantitative estimate of drug-likeness (QED) is 0.563. The highest BCUT2D eigenvalue weighted by Crippen LogP contribution is 2.17. The van der Waals surface area contributed by atoms with Gasteiger partial charge in [0.05, 0.1) is 0 Å². The molecule has 0 aliphatic heterocycles. The lowest BCUT2D eigenvalue weighted by atomic mass is 10.3. The van der Waals surface area contributed by atoms with E-state index in [1.807, 2.05) is 13.2 Å². The highest BCUT2D eigenvalue weighted by molar-refractivity contribution is 7.98. The van der Waals surface area contributed by atoms with Crippen LogP contribution in [0.5, 0.6) is 0 Å². The molecule has 0 saturated carbocycles. The van der Waals surface area contributed by atoms with Gasteiger partial charge in [0.2, 0.25) is 0 Å². The van der Waals surface area contributed by atoms with Gasteiger partial charge < -0.3 is 4.90 Å². The van der Waals surface area contributed by atoms with Crippen molar-refractivity contribution in [3.63, 3.8) is 0 Å². The maximum Gasteiger partial charge on any atom is 0.189 e. The van der Waals surface area contributed by atoms with Crippen LogP contribution in [0.3, 0.4) is 0 Å². The van der Waals surface area contributed by atoms with Crippen molar-refractivity contribution in [2.75, 3.05) is 24.2 Å². The summed E-state index contributed by atoms with van der Waals surface area (Å²) in [6.07, 6.45) is 4.32. The maximum absolute atomic E-state index is 4.57. The van der Waals surface area contributed by atoms with E-state index < -0.39 is 0 Å². The molecule has 16 heavy (non-hydrogen) atoms. The van der Waals surface area contributed by atoms with E-state index in [-0.39, 0.29) is 0 Å². The number of aryl methyl sites for hydroxylation is 1. The summed E-state index contributed by atoms with van der Waals surface area (Å²) in [5.41, 5.74) is 1.05. The Bertz CT molecular complexity index is 322. The van der Waals surface area contributed by atoms with Crippen LogP contribution in [0, 0.1) is 6.92 Å². The largest absolute Gasteiger partial charge is 0.357 e. The number of hydrogen-bond donors (Lipinski definition) is 0. The molecule has 0 unspecified atom stereocenters. The molecule has 0 aliphatic carbocycles. The fraction of sp³-hybridized carbons (Fsp3) is 0.667. The van der Waals surface area contributed by atoms with Crippen molar-refractivity contribution in [1.29, 1.82) is 0 Å². The van der Waals surface area contributed by atoms with E-state index in [1.54, 1.807) is 11.8 Å². The molecule has 0 bridgehead atoms. The molecule has 4 heteroatoms. The third kappa shape index (κ3) is 3.67. The fourth-order valence-corrected chi connectivity index (χ4v) is 2.08. The van der Waals surface area contributed by atoms with Crippen LogP contribution in [0.15, 0.2) is 11.2 Å². The molecule has 0 aromatic carbocycles. The van der Waals surface area contributed by atoms with Gasteiger partial charge in [-0.2, -0.15) is 0 Å². The van der Waals surface area contributed by atoms with Crippen molar-refractivity contribution in [3.8, 4) is 0 Å². The van der Waals surface area contributed by atoms with Gasteiger partial charge in [-0.3, -0.25) is 0 Å². The Morgan fingerprint density at radius 2 is 1.81 bits per heavy atom. The average molecular weight is 239 g/mol. The Balaban J connectivity index is 2.93. The number of hydrogen-bond acceptors (Lipinski definition) is 4. The van der Waals surface area contributed by atoms with Gasteiger partial charge in [0, 0.05) is 24.8 Å². The summed E-state index contributed by atoms with van der Waals surface area (Å²) >= 11 is 1.60. The summed E-state index contributed by atoms with van der Waals surface area (Å²) in [7, 11) is 0. The summed E-state index contributed by atoms with van der Waals surface area (Å²) in [6, 6.07) is 2.07. The lowest BCUT2D eigenvalue weighted by Crippen LogP contribution is -2.26. The molecular weight excluding hydrogens is 218 g/mol. The van der Waals surface area contributed by atoms with Crippen molar-refractivity contribution in [3.05, 3.63) is 11.8 Å². The van der Waals surface area contributed by atoms with Crippen LogP contribution in [-0.2, 0) is 0 Å². The smallest absolute Gasteiger partial charge is 0.189 e. The van der Waals surface area contributed by atoms with E-state index >= 15 is 0 Å². The topological polar surface area (TPSA) is 29.0 Å². The highest BCUT2D eigenvalue weighted by atomic mass is 32.2. The number of thioether (sulfide) groups is 1. The monoisotopic (exact) mass is 239 g/mol. The molecule has 0 spiro atoms. The Hall–Kier alpha value is -0.770. The van der Waals surface area contributed by atoms with Crippen molar-refractivity contribution in [2.24, 2.45) is 0 Å². The fourth-order valence-electron chi connectivity index (χ4n) is 1.66. The molecule has 1 heterocycles. The first-order valence-corrected chi connectivity index (χ1v) is 7.08. The molecule has 0 aliphatic rings. The van der Waals surface area contributed by atoms with E-state index in [0.717, 1.165) is 42.6 Å². The van der Waals surface area contributed by atoms with Gasteiger partial charge in [0.25, 0.3) is 0 Å². The molecule has 1 rings (SSSR count). The minimum atomic E-state index is 0.868. The van der Waals surface area contributed by atoms with Gasteiger partial charge in [0.1, 0.15) is 5.82 Å². The number of aromatic nitrogens is 2. The number of anilines is 1. The lowest BCUT2D eigenvalue weighted by Gasteiger charge is -2.23. The Morgan fingerprint density at radius 1 is 1.19 bits per heavy atom. The summed E-state index contributed by atoms with van der Waals surface area (Å²) in [6.45, 7) is 8.57. The molecule has 0 radical (unpaired) electrons. The molecular formula is C12H21N3S. The van der Waals surface area contributed by atoms with E-state index in [9.17, 15) is 0 Å². The van der Waals surface area contributed by atoms with Crippen LogP contribution >= 0.6 is 11.8 Å². The van der Waals surface area contributed by atoms with Gasteiger partial charge in [-0.05, 0) is 26.0 Å². The second-order valence-corrected chi connectivity index (χ2v) is 4.61. The van der Waals surface area contributed by atoms with Crippen LogP contribution in [-0.4, -0.2) is 29.3 Å². The summed E-state index contributed by atoms with van der Waals surface area (Å²) in [5, 5.41) is 0.868. The van der Waals surface area contributed by atoms with Gasteiger partial charge in [-0.15, -0.1) is 0 Å². The van der Waals surface area contributed by atoms with Crippen molar-refractivity contribution < 1.29 is 0 Å². The molecule has 0 atom stereocenters. The summed E-state index contributed by atoms with van der Waals surface area (Å²) in [4.78, 5) is 11.3. The number of nitrogens with zero attached hydrogens (tertiary/aromatic N) is 3. The van der Waals surface area contributed by atoms with Crippen molar-refractivity contribution >= 4 is 17.6 Å². The zero-order chi connectivity index (χ0) is 12.0. The standard InChI is InChI=1S/C12H21N3S/c1-5-7-15(8-6-2)11-9-10(3)13-12(14-11)16-4/h9H,5-8H2,1-4H3. The van der Waals surface area contributed by atoms with E-state index in [1.165, 1.54) is 0 Å². The van der Waals surface area contributed by atoms with Gasteiger partial charge >= 0.3 is 0 Å². The van der Waals surface area contributed by atoms with E-state index in [4.69, 9.17) is 0 Å². The van der Waals surface area contributed by atoms with E-state index in [2.05, 4.69) is 34.8 Å². The molecule has 1 aromatic heterocycles. The van der Waals surface area contributed by atoms with Crippen LogP contribution in [0.1, 0.15) is 32.4 Å². The second-order valence-electron chi connectivity index (χ2n) is 3.84. The van der Waals surface area contributed by atoms with E-state index in [0.29, 0.717) is 0 Å². The Labute approximate surface area is 103 Å².